The van der Waals surface area contributed by atoms with E-state index in [0.29, 0.717) is 67.7 Å². The van der Waals surface area contributed by atoms with Crippen LogP contribution in [0.2, 0.25) is 0 Å². The summed E-state index contributed by atoms with van der Waals surface area (Å²) in [7, 11) is 0. The number of hydrogen-bond acceptors (Lipinski definition) is 5. The molecule has 7 heteroatoms. The third-order valence-electron chi connectivity index (χ3n) is 16.2. The summed E-state index contributed by atoms with van der Waals surface area (Å²) in [4.78, 5) is 52.0. The van der Waals surface area contributed by atoms with Gasteiger partial charge in [0.1, 0.15) is 11.9 Å². The minimum Gasteiger partial charge on any atom is -0.481 e. The fourth-order valence-corrected chi connectivity index (χ4v) is 13.7. The zero-order valence-corrected chi connectivity index (χ0v) is 30.6. The monoisotopic (exact) mass is 653 g/mol. The SMILES string of the molecule is CC(C)(CC(=O)O)CC(=O)O[C@H]1CC[C@@]2(C)C(CC[C@]3(C)C2CC[C@@H]2[C@H]4CCC[C@]4(CC(=O)N4CCC(=O)CC4)CC[C@]23C)C1(C)C. The van der Waals surface area contributed by atoms with Crippen molar-refractivity contribution in [3.63, 3.8) is 0 Å². The van der Waals surface area contributed by atoms with Gasteiger partial charge in [-0.2, -0.15) is 0 Å². The van der Waals surface area contributed by atoms with E-state index in [9.17, 15) is 24.3 Å². The fourth-order valence-electron chi connectivity index (χ4n) is 13.7. The molecule has 5 aliphatic carbocycles. The molecule has 2 unspecified atom stereocenters. The molecule has 7 nitrogen and oxygen atoms in total. The second-order valence-electron chi connectivity index (χ2n) is 19.4. The predicted molar refractivity (Wildman–Crippen MR) is 181 cm³/mol. The molecule has 6 fully saturated rings. The molecule has 9 atom stereocenters. The van der Waals surface area contributed by atoms with Crippen molar-refractivity contribution in [1.29, 1.82) is 0 Å². The van der Waals surface area contributed by atoms with Crippen molar-refractivity contribution in [2.75, 3.05) is 13.1 Å². The molecule has 6 aliphatic rings. The molecule has 0 aromatic carbocycles. The van der Waals surface area contributed by atoms with Gasteiger partial charge in [0.15, 0.2) is 0 Å². The molecular weight excluding hydrogens is 590 g/mol. The average molecular weight is 654 g/mol. The van der Waals surface area contributed by atoms with Gasteiger partial charge >= 0.3 is 11.9 Å². The number of aliphatic carboxylic acids is 1. The third-order valence-corrected chi connectivity index (χ3v) is 16.2. The first kappa shape index (κ1) is 34.9. The normalized spacial score (nSPS) is 42.8. The lowest BCUT2D eigenvalue weighted by Crippen LogP contribution is -2.66. The second-order valence-corrected chi connectivity index (χ2v) is 19.4. The Labute approximate surface area is 283 Å². The number of hydrogen-bond donors (Lipinski definition) is 1. The van der Waals surface area contributed by atoms with Gasteiger partial charge in [-0.1, -0.05) is 54.9 Å². The number of carbonyl (C=O) groups is 4. The van der Waals surface area contributed by atoms with Crippen LogP contribution in [0.4, 0.5) is 0 Å². The third kappa shape index (κ3) is 5.69. The number of piperidine rings is 1. The predicted octanol–water partition coefficient (Wildman–Crippen LogP) is 8.23. The van der Waals surface area contributed by atoms with Gasteiger partial charge in [0.2, 0.25) is 5.91 Å². The maximum Gasteiger partial charge on any atom is 0.306 e. The van der Waals surface area contributed by atoms with E-state index in [1.54, 1.807) is 0 Å². The lowest BCUT2D eigenvalue weighted by molar-refractivity contribution is -0.248. The van der Waals surface area contributed by atoms with Gasteiger partial charge in [-0.3, -0.25) is 19.2 Å². The van der Waals surface area contributed by atoms with Crippen molar-refractivity contribution < 1.29 is 29.0 Å². The molecule has 47 heavy (non-hydrogen) atoms. The van der Waals surface area contributed by atoms with Gasteiger partial charge in [-0.25, -0.2) is 0 Å². The summed E-state index contributed by atoms with van der Waals surface area (Å²) in [5.74, 6) is 1.82. The molecule has 1 aliphatic heterocycles. The number of fused-ring (bicyclic) bond motifs is 7. The highest BCUT2D eigenvalue weighted by Gasteiger charge is 2.70. The van der Waals surface area contributed by atoms with E-state index in [2.05, 4.69) is 34.6 Å². The number of carbonyl (C=O) groups excluding carboxylic acids is 3. The Hall–Kier alpha value is -1.92. The van der Waals surface area contributed by atoms with Crippen LogP contribution in [0.3, 0.4) is 0 Å². The Morgan fingerprint density at radius 2 is 1.51 bits per heavy atom. The number of carboxylic acids is 1. The van der Waals surface area contributed by atoms with Gasteiger partial charge in [0.25, 0.3) is 0 Å². The number of amides is 1. The lowest BCUT2D eigenvalue weighted by atomic mass is 9.32. The minimum atomic E-state index is -0.883. The van der Waals surface area contributed by atoms with E-state index in [1.807, 2.05) is 18.7 Å². The summed E-state index contributed by atoms with van der Waals surface area (Å²) in [5, 5.41) is 9.30. The number of likely N-dealkylation sites (tertiary alicyclic amines) is 1. The van der Waals surface area contributed by atoms with Gasteiger partial charge in [-0.05, 0) is 115 Å². The van der Waals surface area contributed by atoms with Crippen LogP contribution in [0, 0.1) is 56.2 Å². The average Bonchev–Trinajstić information content (AvgIpc) is 3.38. The van der Waals surface area contributed by atoms with Crippen LogP contribution in [0.1, 0.15) is 151 Å². The summed E-state index contributed by atoms with van der Waals surface area (Å²) < 4.78 is 6.24. The highest BCUT2D eigenvalue weighted by atomic mass is 16.5. The quantitative estimate of drug-likeness (QED) is 0.278. The Bertz CT molecular complexity index is 1280. The van der Waals surface area contributed by atoms with Crippen molar-refractivity contribution >= 4 is 23.6 Å². The van der Waals surface area contributed by atoms with Crippen LogP contribution >= 0.6 is 0 Å². The van der Waals surface area contributed by atoms with Crippen LogP contribution in [0.25, 0.3) is 0 Å². The molecule has 0 aromatic heterocycles. The van der Waals surface area contributed by atoms with E-state index in [1.165, 1.54) is 44.9 Å². The number of ether oxygens (including phenoxy) is 1. The number of rotatable bonds is 7. The van der Waals surface area contributed by atoms with Gasteiger partial charge in [0, 0.05) is 37.8 Å². The van der Waals surface area contributed by atoms with Gasteiger partial charge < -0.3 is 14.7 Å². The second kappa shape index (κ2) is 11.9. The highest BCUT2D eigenvalue weighted by Crippen LogP contribution is 2.77. The number of Topliss-reactive ketones (excluding diaryl/α,β-unsaturated/α-hetero) is 1. The van der Waals surface area contributed by atoms with E-state index in [-0.39, 0.29) is 52.0 Å². The number of ketones is 1. The smallest absolute Gasteiger partial charge is 0.306 e. The van der Waals surface area contributed by atoms with Crippen molar-refractivity contribution in [3.05, 3.63) is 0 Å². The van der Waals surface area contributed by atoms with Crippen molar-refractivity contribution in [2.45, 2.75) is 157 Å². The Morgan fingerprint density at radius 1 is 0.809 bits per heavy atom. The molecule has 6 rings (SSSR count). The van der Waals surface area contributed by atoms with Crippen molar-refractivity contribution in [2.24, 2.45) is 56.2 Å². The van der Waals surface area contributed by atoms with Crippen LogP contribution in [0.5, 0.6) is 0 Å². The van der Waals surface area contributed by atoms with Crippen molar-refractivity contribution in [3.8, 4) is 0 Å². The van der Waals surface area contributed by atoms with Crippen LogP contribution in [-0.4, -0.2) is 52.8 Å². The molecule has 0 aromatic rings. The van der Waals surface area contributed by atoms with Gasteiger partial charge in [0.05, 0.1) is 12.8 Å². The number of carboxylic acid groups (broad SMARTS) is 1. The molecule has 1 amide bonds. The van der Waals surface area contributed by atoms with Crippen LogP contribution in [0.15, 0.2) is 0 Å². The number of nitrogens with zero attached hydrogens (tertiary/aromatic N) is 1. The zero-order chi connectivity index (χ0) is 34.2. The van der Waals surface area contributed by atoms with Crippen molar-refractivity contribution in [1.82, 2.24) is 4.90 Å². The molecule has 0 spiro atoms. The summed E-state index contributed by atoms with van der Waals surface area (Å²) in [6.07, 6.45) is 14.5. The maximum atomic E-state index is 13.7. The Morgan fingerprint density at radius 3 is 2.19 bits per heavy atom. The summed E-state index contributed by atoms with van der Waals surface area (Å²) in [6, 6.07) is 0. The Kier molecular flexibility index (Phi) is 8.81. The summed E-state index contributed by atoms with van der Waals surface area (Å²) in [5.41, 5.74) is 0.0397. The molecule has 0 bridgehead atoms. The van der Waals surface area contributed by atoms with Crippen LogP contribution < -0.4 is 0 Å². The van der Waals surface area contributed by atoms with E-state index in [4.69, 9.17) is 4.74 Å². The van der Waals surface area contributed by atoms with E-state index >= 15 is 0 Å². The van der Waals surface area contributed by atoms with Crippen LogP contribution in [-0.2, 0) is 23.9 Å². The maximum absolute atomic E-state index is 13.7. The van der Waals surface area contributed by atoms with Gasteiger partial charge in [-0.15, -0.1) is 0 Å². The lowest BCUT2D eigenvalue weighted by Gasteiger charge is -2.72. The molecule has 0 radical (unpaired) electrons. The molecule has 1 N–H and O–H groups in total. The topological polar surface area (TPSA) is 101 Å². The molecule has 1 saturated heterocycles. The standard InChI is InChI=1S/C40H63NO6/c1-35(2,24-33(44)45)25-34(46)47-31-13-17-37(5)29(36(31,3)4)12-18-39(7)30(37)11-10-27-28-9-8-16-40(28,20-19-38(27,39)6)23-32(43)41-21-14-26(42)15-22-41/h27-31H,8-25H2,1-7H3,(H,44,45)/t27-,28-,29?,30?,31+,37+,38-,39-,40-/m1/s1. The summed E-state index contributed by atoms with van der Waals surface area (Å²) >= 11 is 0. The molecular formula is C40H63NO6. The first-order chi connectivity index (χ1) is 21.9. The molecule has 264 valence electrons. The minimum absolute atomic E-state index is 0.0459. The molecule has 1 heterocycles. The zero-order valence-electron chi connectivity index (χ0n) is 30.6. The number of esters is 1. The first-order valence-corrected chi connectivity index (χ1v) is 19.1. The summed E-state index contributed by atoms with van der Waals surface area (Å²) in [6.45, 7) is 17.4. The highest BCUT2D eigenvalue weighted by molar-refractivity contribution is 5.83. The van der Waals surface area contributed by atoms with E-state index < -0.39 is 11.4 Å². The Balaban J connectivity index is 1.18. The fraction of sp³-hybridized carbons (Fsp3) is 0.900. The van der Waals surface area contributed by atoms with E-state index in [0.717, 1.165) is 25.7 Å². The molecule has 5 saturated carbocycles. The first-order valence-electron chi connectivity index (χ1n) is 19.1. The largest absolute Gasteiger partial charge is 0.481 e.